The van der Waals surface area contributed by atoms with Crippen LogP contribution in [-0.4, -0.2) is 6.71 Å². The van der Waals surface area contributed by atoms with Gasteiger partial charge < -0.3 is 9.80 Å². The molecule has 0 atom stereocenters. The lowest BCUT2D eigenvalue weighted by atomic mass is 9.33. The van der Waals surface area contributed by atoms with E-state index in [9.17, 15) is 0 Å². The topological polar surface area (TPSA) is 6.48 Å². The summed E-state index contributed by atoms with van der Waals surface area (Å²) < 4.78 is 0. The molecule has 0 saturated heterocycles. The van der Waals surface area contributed by atoms with Gasteiger partial charge in [0.2, 0.25) is 0 Å². The fraction of sp³-hybridized carbons (Fsp3) is 0.167. The fourth-order valence-electron chi connectivity index (χ4n) is 7.79. The van der Waals surface area contributed by atoms with Gasteiger partial charge in [-0.05, 0) is 126 Å². The number of fused-ring (bicyclic) bond motifs is 6. The van der Waals surface area contributed by atoms with Gasteiger partial charge in [-0.15, -0.1) is 0 Å². The number of benzene rings is 5. The van der Waals surface area contributed by atoms with E-state index in [-0.39, 0.29) is 6.71 Å². The first-order valence-electron chi connectivity index (χ1n) is 14.5. The summed E-state index contributed by atoms with van der Waals surface area (Å²) in [6.45, 7) is 0.221. The highest BCUT2D eigenvalue weighted by molar-refractivity contribution is 7.00. The standard InChI is InChI=1S/C36H29BN2/c1-2-13-28(14-3-1)38-32-16-5-4-15-30(32)37-31-22-26-11-7-12-27(26)23-35(31)39(34-18-8-17-33(38)36(34)37)29-20-19-24-9-6-10-25(24)21-29/h1-5,8,13-23H,6-7,9-12H2. The predicted molar refractivity (Wildman–Crippen MR) is 165 cm³/mol. The number of para-hydroxylation sites is 2. The third-order valence-corrected chi connectivity index (χ3v) is 9.47. The van der Waals surface area contributed by atoms with E-state index in [2.05, 4.69) is 113 Å². The second kappa shape index (κ2) is 8.13. The minimum Gasteiger partial charge on any atom is -0.311 e. The quantitative estimate of drug-likeness (QED) is 0.243. The minimum absolute atomic E-state index is 0.221. The van der Waals surface area contributed by atoms with Gasteiger partial charge in [-0.25, -0.2) is 0 Å². The predicted octanol–water partition coefficient (Wildman–Crippen LogP) is 6.75. The first-order chi connectivity index (χ1) is 19.3. The maximum atomic E-state index is 2.58. The van der Waals surface area contributed by atoms with E-state index in [1.807, 2.05) is 0 Å². The molecule has 2 nitrogen and oxygen atoms in total. The Morgan fingerprint density at radius 1 is 0.436 bits per heavy atom. The van der Waals surface area contributed by atoms with Crippen LogP contribution in [0, 0.1) is 0 Å². The molecule has 0 unspecified atom stereocenters. The van der Waals surface area contributed by atoms with Gasteiger partial charge in [0.15, 0.2) is 0 Å². The number of nitrogens with zero attached hydrogens (tertiary/aromatic N) is 2. The molecule has 39 heavy (non-hydrogen) atoms. The van der Waals surface area contributed by atoms with Crippen molar-refractivity contribution in [3.05, 3.63) is 125 Å². The van der Waals surface area contributed by atoms with Crippen molar-refractivity contribution < 1.29 is 0 Å². The van der Waals surface area contributed by atoms with Crippen molar-refractivity contribution in [2.75, 3.05) is 9.80 Å². The molecule has 0 aromatic heterocycles. The van der Waals surface area contributed by atoms with Crippen LogP contribution < -0.4 is 26.2 Å². The average Bonchev–Trinajstić information content (AvgIpc) is 3.65. The molecule has 4 aliphatic rings. The summed E-state index contributed by atoms with van der Waals surface area (Å²) in [6, 6.07) is 39.2. The Hall–Kier alpha value is -4.24. The van der Waals surface area contributed by atoms with Crippen LogP contribution in [-0.2, 0) is 25.7 Å². The summed E-state index contributed by atoms with van der Waals surface area (Å²) in [5, 5.41) is 0. The largest absolute Gasteiger partial charge is 0.311 e. The molecular formula is C36H29BN2. The first kappa shape index (κ1) is 21.7. The maximum Gasteiger partial charge on any atom is 0.252 e. The zero-order chi connectivity index (χ0) is 25.5. The molecule has 9 rings (SSSR count). The number of hydrogen-bond donors (Lipinski definition) is 0. The molecule has 2 aliphatic carbocycles. The lowest BCUT2D eigenvalue weighted by Gasteiger charge is -2.44. The van der Waals surface area contributed by atoms with Crippen molar-refractivity contribution in [2.45, 2.75) is 38.5 Å². The van der Waals surface area contributed by atoms with Crippen LogP contribution in [0.5, 0.6) is 0 Å². The van der Waals surface area contributed by atoms with Gasteiger partial charge in [-0.1, -0.05) is 54.6 Å². The highest BCUT2D eigenvalue weighted by atomic mass is 15.2. The number of aryl methyl sites for hydroxylation is 4. The van der Waals surface area contributed by atoms with Crippen LogP contribution in [0.15, 0.2) is 103 Å². The first-order valence-corrected chi connectivity index (χ1v) is 14.5. The normalized spacial score (nSPS) is 15.9. The van der Waals surface area contributed by atoms with Crippen molar-refractivity contribution in [1.29, 1.82) is 0 Å². The average molecular weight is 500 g/mol. The Morgan fingerprint density at radius 3 is 1.90 bits per heavy atom. The van der Waals surface area contributed by atoms with Gasteiger partial charge in [0.05, 0.1) is 0 Å². The molecule has 0 bridgehead atoms. The Balaban J connectivity index is 1.36. The summed E-state index contributed by atoms with van der Waals surface area (Å²) >= 11 is 0. The summed E-state index contributed by atoms with van der Waals surface area (Å²) in [6.07, 6.45) is 7.33. The molecule has 2 aliphatic heterocycles. The second-order valence-electron chi connectivity index (χ2n) is 11.5. The lowest BCUT2D eigenvalue weighted by molar-refractivity contribution is 0.911. The van der Waals surface area contributed by atoms with Gasteiger partial charge in [-0.2, -0.15) is 0 Å². The lowest BCUT2D eigenvalue weighted by Crippen LogP contribution is -2.61. The molecule has 0 saturated carbocycles. The van der Waals surface area contributed by atoms with Gasteiger partial charge >= 0.3 is 0 Å². The van der Waals surface area contributed by atoms with Gasteiger partial charge in [0.1, 0.15) is 0 Å². The molecule has 0 spiro atoms. The van der Waals surface area contributed by atoms with E-state index in [4.69, 9.17) is 0 Å². The van der Waals surface area contributed by atoms with E-state index in [1.165, 1.54) is 106 Å². The number of anilines is 6. The molecule has 2 heterocycles. The Labute approximate surface area is 230 Å². The minimum atomic E-state index is 0.221. The highest BCUT2D eigenvalue weighted by Gasteiger charge is 2.43. The van der Waals surface area contributed by atoms with Gasteiger partial charge in [0.25, 0.3) is 6.71 Å². The SMILES string of the molecule is c1ccc(N2c3ccccc3B3c4cc5c(cc4N(c4ccc6c(c4)CCC6)c4cccc2c43)CCC5)cc1. The smallest absolute Gasteiger partial charge is 0.252 e. The van der Waals surface area contributed by atoms with Crippen LogP contribution in [0.4, 0.5) is 34.1 Å². The Kier molecular flexibility index (Phi) is 4.52. The molecule has 0 N–H and O–H groups in total. The molecular weight excluding hydrogens is 471 g/mol. The van der Waals surface area contributed by atoms with E-state index < -0.39 is 0 Å². The Bertz CT molecular complexity index is 1790. The van der Waals surface area contributed by atoms with Crippen molar-refractivity contribution in [3.8, 4) is 0 Å². The highest BCUT2D eigenvalue weighted by Crippen LogP contribution is 2.45. The van der Waals surface area contributed by atoms with Gasteiger partial charge in [0, 0.05) is 34.1 Å². The number of rotatable bonds is 2. The van der Waals surface area contributed by atoms with Crippen LogP contribution in [0.25, 0.3) is 0 Å². The second-order valence-corrected chi connectivity index (χ2v) is 11.5. The van der Waals surface area contributed by atoms with Crippen molar-refractivity contribution in [1.82, 2.24) is 0 Å². The third-order valence-electron chi connectivity index (χ3n) is 9.47. The van der Waals surface area contributed by atoms with Crippen molar-refractivity contribution in [2.24, 2.45) is 0 Å². The zero-order valence-corrected chi connectivity index (χ0v) is 22.0. The van der Waals surface area contributed by atoms with Crippen molar-refractivity contribution in [3.63, 3.8) is 0 Å². The summed E-state index contributed by atoms with van der Waals surface area (Å²) in [5.41, 5.74) is 18.2. The molecule has 0 radical (unpaired) electrons. The Morgan fingerprint density at radius 2 is 1.08 bits per heavy atom. The molecule has 5 aromatic rings. The zero-order valence-electron chi connectivity index (χ0n) is 22.0. The molecule has 186 valence electrons. The summed E-state index contributed by atoms with van der Waals surface area (Å²) in [4.78, 5) is 5.06. The number of hydrogen-bond acceptors (Lipinski definition) is 2. The van der Waals surface area contributed by atoms with E-state index >= 15 is 0 Å². The maximum absolute atomic E-state index is 2.58. The van der Waals surface area contributed by atoms with Crippen LogP contribution in [0.1, 0.15) is 35.1 Å². The molecule has 3 heteroatoms. The fourth-order valence-corrected chi connectivity index (χ4v) is 7.79. The van der Waals surface area contributed by atoms with E-state index in [0.29, 0.717) is 0 Å². The third kappa shape index (κ3) is 3.05. The van der Waals surface area contributed by atoms with Gasteiger partial charge in [-0.3, -0.25) is 0 Å². The van der Waals surface area contributed by atoms with E-state index in [1.54, 1.807) is 5.56 Å². The van der Waals surface area contributed by atoms with Crippen LogP contribution in [0.2, 0.25) is 0 Å². The monoisotopic (exact) mass is 500 g/mol. The van der Waals surface area contributed by atoms with E-state index in [0.717, 1.165) is 0 Å². The molecule has 0 amide bonds. The summed E-state index contributed by atoms with van der Waals surface area (Å²) in [5.74, 6) is 0. The van der Waals surface area contributed by atoms with Crippen LogP contribution >= 0.6 is 0 Å². The molecule has 5 aromatic carbocycles. The molecule has 0 fully saturated rings. The summed E-state index contributed by atoms with van der Waals surface area (Å²) in [7, 11) is 0. The van der Waals surface area contributed by atoms with Crippen LogP contribution in [0.3, 0.4) is 0 Å². The van der Waals surface area contributed by atoms with Crippen molar-refractivity contribution >= 4 is 57.2 Å².